The molecule has 0 fully saturated rings. The van der Waals surface area contributed by atoms with Gasteiger partial charge >= 0.3 is 12.4 Å². The highest BCUT2D eigenvalue weighted by atomic mass is 19.4. The highest BCUT2D eigenvalue weighted by molar-refractivity contribution is 5.93. The van der Waals surface area contributed by atoms with Crippen LogP contribution in [-0.2, 0) is 0 Å². The van der Waals surface area contributed by atoms with Crippen molar-refractivity contribution in [3.63, 3.8) is 0 Å². The van der Waals surface area contributed by atoms with Crippen molar-refractivity contribution in [3.8, 4) is 0 Å². The Morgan fingerprint density at radius 1 is 1.00 bits per heavy atom. The van der Waals surface area contributed by atoms with Crippen molar-refractivity contribution in [1.82, 2.24) is 10.9 Å². The first-order valence-corrected chi connectivity index (χ1v) is 6.22. The molecule has 0 heterocycles. The first-order chi connectivity index (χ1) is 9.94. The smallest absolute Gasteiger partial charge is 0.286 e. The van der Waals surface area contributed by atoms with Gasteiger partial charge in [0.1, 0.15) is 0 Å². The molecule has 0 saturated carbocycles. The van der Waals surface area contributed by atoms with Crippen LogP contribution in [-0.4, -0.2) is 23.8 Å². The van der Waals surface area contributed by atoms with Crippen molar-refractivity contribution >= 4 is 5.91 Å². The maximum absolute atomic E-state index is 12.8. The third-order valence-corrected chi connectivity index (χ3v) is 3.20. The van der Waals surface area contributed by atoms with E-state index < -0.39 is 30.2 Å². The van der Waals surface area contributed by atoms with Crippen LogP contribution in [0, 0.1) is 6.92 Å². The van der Waals surface area contributed by atoms with Gasteiger partial charge in [-0.05, 0) is 25.5 Å². The summed E-state index contributed by atoms with van der Waals surface area (Å²) >= 11 is 0. The summed E-state index contributed by atoms with van der Waals surface area (Å²) in [6, 6.07) is 5.60. The lowest BCUT2D eigenvalue weighted by molar-refractivity contribution is -0.310. The summed E-state index contributed by atoms with van der Waals surface area (Å²) in [5.41, 5.74) is -0.860. The molecule has 2 N–H and O–H groups in total. The van der Waals surface area contributed by atoms with Gasteiger partial charge in [-0.2, -0.15) is 26.3 Å². The van der Waals surface area contributed by atoms with Crippen molar-refractivity contribution in [2.24, 2.45) is 0 Å². The zero-order chi connectivity index (χ0) is 17.2. The number of aryl methyl sites for hydroxylation is 1. The van der Waals surface area contributed by atoms with Crippen LogP contribution in [0.1, 0.15) is 29.3 Å². The van der Waals surface area contributed by atoms with E-state index in [0.29, 0.717) is 0 Å². The molecule has 3 nitrogen and oxygen atoms in total. The third-order valence-electron chi connectivity index (χ3n) is 3.20. The van der Waals surface area contributed by atoms with Crippen molar-refractivity contribution in [1.29, 1.82) is 0 Å². The van der Waals surface area contributed by atoms with E-state index in [-0.39, 0.29) is 5.56 Å². The molecule has 1 amide bonds. The van der Waals surface area contributed by atoms with Crippen LogP contribution in [0.25, 0.3) is 0 Å². The molecule has 0 spiro atoms. The first-order valence-electron chi connectivity index (χ1n) is 6.22. The van der Waals surface area contributed by atoms with Gasteiger partial charge in [-0.3, -0.25) is 10.2 Å². The van der Waals surface area contributed by atoms with Crippen molar-refractivity contribution in [2.45, 2.75) is 38.2 Å². The first kappa shape index (κ1) is 18.3. The van der Waals surface area contributed by atoms with Crippen LogP contribution >= 0.6 is 0 Å². The summed E-state index contributed by atoms with van der Waals surface area (Å²) in [6.45, 7) is 2.45. The maximum atomic E-state index is 12.8. The molecule has 9 heteroatoms. The molecule has 0 saturated heterocycles. The van der Waals surface area contributed by atoms with Gasteiger partial charge in [-0.1, -0.05) is 24.6 Å². The number of nitrogens with one attached hydrogen (secondary N) is 2. The van der Waals surface area contributed by atoms with Gasteiger partial charge in [-0.25, -0.2) is 5.43 Å². The number of hydrogen-bond acceptors (Lipinski definition) is 2. The summed E-state index contributed by atoms with van der Waals surface area (Å²) in [7, 11) is 0. The highest BCUT2D eigenvalue weighted by Crippen LogP contribution is 2.44. The van der Waals surface area contributed by atoms with Gasteiger partial charge < -0.3 is 0 Å². The lowest BCUT2D eigenvalue weighted by Crippen LogP contribution is -2.69. The van der Waals surface area contributed by atoms with E-state index in [4.69, 9.17) is 0 Å². The van der Waals surface area contributed by atoms with E-state index in [2.05, 4.69) is 0 Å². The number of benzene rings is 1. The summed E-state index contributed by atoms with van der Waals surface area (Å²) < 4.78 is 77.1. The Kier molecular flexibility index (Phi) is 5.11. The lowest BCUT2D eigenvalue weighted by atomic mass is 9.95. The summed E-state index contributed by atoms with van der Waals surface area (Å²) in [5.74, 6) is -1.09. The number of hydrogen-bond donors (Lipinski definition) is 2. The van der Waals surface area contributed by atoms with Crippen molar-refractivity contribution in [3.05, 3.63) is 35.4 Å². The molecule has 0 aliphatic rings. The zero-order valence-corrected chi connectivity index (χ0v) is 11.7. The summed E-state index contributed by atoms with van der Waals surface area (Å²) in [4.78, 5) is 11.7. The van der Waals surface area contributed by atoms with Gasteiger partial charge in [0.2, 0.25) is 5.54 Å². The van der Waals surface area contributed by atoms with Crippen molar-refractivity contribution in [2.75, 3.05) is 0 Å². The van der Waals surface area contributed by atoms with Gasteiger partial charge in [-0.15, -0.1) is 0 Å². The van der Waals surface area contributed by atoms with Crippen LogP contribution in [0.5, 0.6) is 0 Å². The molecular formula is C13H14F6N2O. The second-order valence-electron chi connectivity index (χ2n) is 4.70. The molecule has 1 aromatic rings. The number of alkyl halides is 6. The fourth-order valence-electron chi connectivity index (χ4n) is 1.73. The third kappa shape index (κ3) is 3.52. The Morgan fingerprint density at radius 3 is 1.82 bits per heavy atom. The molecule has 0 radical (unpaired) electrons. The monoisotopic (exact) mass is 328 g/mol. The number of halogens is 6. The Balaban J connectivity index is 2.97. The largest absolute Gasteiger partial charge is 0.417 e. The summed E-state index contributed by atoms with van der Waals surface area (Å²) in [6.07, 6.45) is -12.6. The molecule has 22 heavy (non-hydrogen) atoms. The van der Waals surface area contributed by atoms with Crippen LogP contribution in [0.2, 0.25) is 0 Å². The number of hydrazine groups is 1. The fraction of sp³-hybridized carbons (Fsp3) is 0.462. The Labute approximate surface area is 122 Å². The number of rotatable bonds is 4. The van der Waals surface area contributed by atoms with E-state index in [9.17, 15) is 31.1 Å². The van der Waals surface area contributed by atoms with Crippen LogP contribution < -0.4 is 10.9 Å². The predicted molar refractivity (Wildman–Crippen MR) is 66.9 cm³/mol. The van der Waals surface area contributed by atoms with Gasteiger partial charge in [0.25, 0.3) is 5.91 Å². The van der Waals surface area contributed by atoms with Crippen LogP contribution in [0.3, 0.4) is 0 Å². The minimum Gasteiger partial charge on any atom is -0.286 e. The molecule has 1 rings (SSSR count). The molecule has 124 valence electrons. The standard InChI is InChI=1S/C13H14F6N2O/c1-3-11(12(14,15)16,13(17,18)19)21-20-10(22)9-6-4-8(2)5-7-9/h4-7,21H,3H2,1-2H3,(H,20,22). The normalized spacial score (nSPS) is 13.1. The molecule has 0 unspecified atom stereocenters. The molecule has 0 bridgehead atoms. The molecule has 0 aliphatic heterocycles. The number of amides is 1. The van der Waals surface area contributed by atoms with Crippen LogP contribution in [0.4, 0.5) is 26.3 Å². The van der Waals surface area contributed by atoms with E-state index in [1.807, 2.05) is 0 Å². The van der Waals surface area contributed by atoms with E-state index in [1.54, 1.807) is 6.92 Å². The zero-order valence-electron chi connectivity index (χ0n) is 11.7. The number of carbonyl (C=O) groups is 1. The lowest BCUT2D eigenvalue weighted by Gasteiger charge is -2.37. The van der Waals surface area contributed by atoms with E-state index in [1.165, 1.54) is 29.7 Å². The second-order valence-corrected chi connectivity index (χ2v) is 4.70. The molecule has 0 atom stereocenters. The van der Waals surface area contributed by atoms with E-state index >= 15 is 0 Å². The molecule has 0 aliphatic carbocycles. The average Bonchev–Trinajstić information content (AvgIpc) is 2.37. The minimum atomic E-state index is -5.62. The fourth-order valence-corrected chi connectivity index (χ4v) is 1.73. The minimum absolute atomic E-state index is 0.0625. The van der Waals surface area contributed by atoms with Gasteiger partial charge in [0.15, 0.2) is 0 Å². The number of carbonyl (C=O) groups excluding carboxylic acids is 1. The van der Waals surface area contributed by atoms with E-state index in [0.717, 1.165) is 17.9 Å². The SMILES string of the molecule is CCC(NNC(=O)c1ccc(C)cc1)(C(F)(F)F)C(F)(F)F. The van der Waals surface area contributed by atoms with Crippen LogP contribution in [0.15, 0.2) is 24.3 Å². The molecule has 0 aromatic heterocycles. The topological polar surface area (TPSA) is 41.1 Å². The van der Waals surface area contributed by atoms with Crippen molar-refractivity contribution < 1.29 is 31.1 Å². The molecule has 1 aromatic carbocycles. The Morgan fingerprint density at radius 2 is 1.45 bits per heavy atom. The Bertz CT molecular complexity index is 507. The quantitative estimate of drug-likeness (QED) is 0.656. The highest BCUT2D eigenvalue weighted by Gasteiger charge is 2.70. The summed E-state index contributed by atoms with van der Waals surface area (Å²) in [5, 5.41) is 0. The predicted octanol–water partition coefficient (Wildman–Crippen LogP) is 3.50. The average molecular weight is 328 g/mol. The molecular weight excluding hydrogens is 314 g/mol. The second kappa shape index (κ2) is 6.15. The maximum Gasteiger partial charge on any atom is 0.417 e. The van der Waals surface area contributed by atoms with Gasteiger partial charge in [0, 0.05) is 5.56 Å². The Hall–Kier alpha value is -1.77. The van der Waals surface area contributed by atoms with Gasteiger partial charge in [0.05, 0.1) is 0 Å².